The van der Waals surface area contributed by atoms with Crippen LogP contribution in [0.1, 0.15) is 31.5 Å². The van der Waals surface area contributed by atoms with E-state index in [4.69, 9.17) is 4.42 Å². The number of hydrogen-bond acceptors (Lipinski definition) is 5. The fourth-order valence-electron chi connectivity index (χ4n) is 2.11. The topological polar surface area (TPSA) is 101 Å². The largest absolute Gasteiger partial charge is 0.439 e. The van der Waals surface area contributed by atoms with Gasteiger partial charge in [-0.1, -0.05) is 44.2 Å². The Morgan fingerprint density at radius 1 is 1.17 bits per heavy atom. The van der Waals surface area contributed by atoms with Gasteiger partial charge in [0.15, 0.2) is 10.8 Å². The second kappa shape index (κ2) is 6.58. The maximum atomic E-state index is 12.3. The Labute approximate surface area is 140 Å². The van der Waals surface area contributed by atoms with Crippen LogP contribution in [0.25, 0.3) is 11.3 Å². The van der Waals surface area contributed by atoms with Gasteiger partial charge >= 0.3 is 0 Å². The van der Waals surface area contributed by atoms with Crippen LogP contribution >= 0.6 is 0 Å². The molecular formula is C16H18N4O3S. The van der Waals surface area contributed by atoms with Crippen molar-refractivity contribution in [1.29, 1.82) is 0 Å². The second-order valence-electron chi connectivity index (χ2n) is 5.60. The fourth-order valence-corrected chi connectivity index (χ4v) is 3.01. The Balaban J connectivity index is 1.70. The van der Waals surface area contributed by atoms with Crippen molar-refractivity contribution in [1.82, 2.24) is 19.7 Å². The molecule has 8 heteroatoms. The first-order valence-electron chi connectivity index (χ1n) is 7.50. The van der Waals surface area contributed by atoms with Crippen molar-refractivity contribution in [3.8, 4) is 11.3 Å². The number of nitrogens with zero attached hydrogens (tertiary/aromatic N) is 2. The Morgan fingerprint density at radius 2 is 1.92 bits per heavy atom. The Morgan fingerprint density at radius 3 is 2.58 bits per heavy atom. The molecule has 0 fully saturated rings. The lowest BCUT2D eigenvalue weighted by Gasteiger charge is -2.02. The van der Waals surface area contributed by atoms with E-state index in [1.54, 1.807) is 6.20 Å². The van der Waals surface area contributed by atoms with E-state index in [0.717, 1.165) is 5.56 Å². The smallest absolute Gasteiger partial charge is 0.258 e. The average Bonchev–Trinajstić information content (AvgIpc) is 3.24. The van der Waals surface area contributed by atoms with Crippen molar-refractivity contribution < 1.29 is 12.8 Å². The zero-order chi connectivity index (χ0) is 17.2. The number of oxazole rings is 1. The second-order valence-corrected chi connectivity index (χ2v) is 7.33. The summed E-state index contributed by atoms with van der Waals surface area (Å²) in [6, 6.07) is 9.49. The molecule has 0 aliphatic carbocycles. The number of rotatable bonds is 6. The SMILES string of the molecule is CC(C)c1ncc(S(=O)(=O)NCc2ncc(-c3ccccc3)o2)[nH]1. The summed E-state index contributed by atoms with van der Waals surface area (Å²) in [5, 5.41) is 0.0287. The summed E-state index contributed by atoms with van der Waals surface area (Å²) in [7, 11) is -3.69. The highest BCUT2D eigenvalue weighted by Crippen LogP contribution is 2.20. The van der Waals surface area contributed by atoms with E-state index in [9.17, 15) is 8.42 Å². The summed E-state index contributed by atoms with van der Waals surface area (Å²) >= 11 is 0. The molecule has 0 spiro atoms. The van der Waals surface area contributed by atoms with Gasteiger partial charge in [0.25, 0.3) is 10.0 Å². The summed E-state index contributed by atoms with van der Waals surface area (Å²) in [6.07, 6.45) is 2.88. The maximum absolute atomic E-state index is 12.3. The fraction of sp³-hybridized carbons (Fsp3) is 0.250. The third-order valence-electron chi connectivity index (χ3n) is 3.43. The van der Waals surface area contributed by atoms with E-state index < -0.39 is 10.0 Å². The molecule has 3 rings (SSSR count). The van der Waals surface area contributed by atoms with Gasteiger partial charge in [0, 0.05) is 11.5 Å². The van der Waals surface area contributed by atoms with Crippen molar-refractivity contribution in [3.63, 3.8) is 0 Å². The van der Waals surface area contributed by atoms with Crippen LogP contribution in [0.15, 0.2) is 52.2 Å². The van der Waals surface area contributed by atoms with Crippen molar-refractivity contribution in [3.05, 3.63) is 54.4 Å². The average molecular weight is 346 g/mol. The summed E-state index contributed by atoms with van der Waals surface area (Å²) in [5.74, 6) is 1.63. The zero-order valence-corrected chi connectivity index (χ0v) is 14.2. The molecule has 0 unspecified atom stereocenters. The van der Waals surface area contributed by atoms with E-state index >= 15 is 0 Å². The van der Waals surface area contributed by atoms with Gasteiger partial charge in [0.2, 0.25) is 5.89 Å². The van der Waals surface area contributed by atoms with Crippen molar-refractivity contribution in [2.45, 2.75) is 31.3 Å². The van der Waals surface area contributed by atoms with Crippen LogP contribution in [0.4, 0.5) is 0 Å². The number of nitrogens with one attached hydrogen (secondary N) is 2. The van der Waals surface area contributed by atoms with Gasteiger partial charge < -0.3 is 9.40 Å². The first-order valence-corrected chi connectivity index (χ1v) is 8.99. The van der Waals surface area contributed by atoms with Gasteiger partial charge in [0.1, 0.15) is 5.82 Å². The lowest BCUT2D eigenvalue weighted by Crippen LogP contribution is -2.23. The summed E-state index contributed by atoms with van der Waals surface area (Å²) in [4.78, 5) is 11.0. The predicted molar refractivity (Wildman–Crippen MR) is 88.6 cm³/mol. The number of sulfonamides is 1. The monoisotopic (exact) mass is 346 g/mol. The molecule has 7 nitrogen and oxygen atoms in total. The molecule has 2 heterocycles. The van der Waals surface area contributed by atoms with Crippen LogP contribution < -0.4 is 4.72 Å². The molecular weight excluding hydrogens is 328 g/mol. The van der Waals surface area contributed by atoms with E-state index in [0.29, 0.717) is 17.5 Å². The lowest BCUT2D eigenvalue weighted by molar-refractivity contribution is 0.494. The van der Waals surface area contributed by atoms with Gasteiger partial charge in [-0.3, -0.25) is 0 Å². The van der Waals surface area contributed by atoms with Crippen LogP contribution in [0.5, 0.6) is 0 Å². The molecule has 0 saturated heterocycles. The third-order valence-corrected chi connectivity index (χ3v) is 4.74. The minimum Gasteiger partial charge on any atom is -0.439 e. The zero-order valence-electron chi connectivity index (χ0n) is 13.4. The Kier molecular flexibility index (Phi) is 4.50. The molecule has 0 atom stereocenters. The van der Waals surface area contributed by atoms with E-state index in [-0.39, 0.29) is 17.5 Å². The number of imidazole rings is 1. The summed E-state index contributed by atoms with van der Waals surface area (Å²) < 4.78 is 32.6. The Hall–Kier alpha value is -2.45. The van der Waals surface area contributed by atoms with Crippen LogP contribution in [-0.2, 0) is 16.6 Å². The lowest BCUT2D eigenvalue weighted by atomic mass is 10.2. The van der Waals surface area contributed by atoms with Gasteiger partial charge in [0.05, 0.1) is 18.9 Å². The van der Waals surface area contributed by atoms with Gasteiger partial charge in [-0.15, -0.1) is 0 Å². The molecule has 0 bridgehead atoms. The molecule has 0 amide bonds. The number of aromatic nitrogens is 3. The molecule has 0 aliphatic heterocycles. The normalized spacial score (nSPS) is 12.0. The van der Waals surface area contributed by atoms with Crippen LogP contribution in [-0.4, -0.2) is 23.4 Å². The first kappa shape index (κ1) is 16.4. The maximum Gasteiger partial charge on any atom is 0.258 e. The van der Waals surface area contributed by atoms with Crippen LogP contribution in [0, 0.1) is 0 Å². The van der Waals surface area contributed by atoms with Gasteiger partial charge in [-0.25, -0.2) is 23.1 Å². The molecule has 0 saturated carbocycles. The number of H-pyrrole nitrogens is 1. The van der Waals surface area contributed by atoms with Crippen molar-refractivity contribution in [2.24, 2.45) is 0 Å². The molecule has 3 aromatic rings. The number of aromatic amines is 1. The number of benzene rings is 1. The molecule has 24 heavy (non-hydrogen) atoms. The van der Waals surface area contributed by atoms with Crippen LogP contribution in [0.3, 0.4) is 0 Å². The molecule has 126 valence electrons. The standard InChI is InChI=1S/C16H18N4O3S/c1-11(2)16-18-10-15(20-16)24(21,22)19-9-14-17-8-13(23-14)12-6-4-3-5-7-12/h3-8,10-11,19H,9H2,1-2H3,(H,18,20). The predicted octanol–water partition coefficient (Wildman–Crippen LogP) is 2.67. The highest BCUT2D eigenvalue weighted by Gasteiger charge is 2.19. The minimum absolute atomic E-state index is 0.0287. The molecule has 1 aromatic carbocycles. The van der Waals surface area contributed by atoms with Crippen molar-refractivity contribution >= 4 is 10.0 Å². The van der Waals surface area contributed by atoms with Crippen LogP contribution in [0.2, 0.25) is 0 Å². The number of hydrogen-bond donors (Lipinski definition) is 2. The quantitative estimate of drug-likeness (QED) is 0.714. The highest BCUT2D eigenvalue weighted by molar-refractivity contribution is 7.89. The molecule has 0 aliphatic rings. The van der Waals surface area contributed by atoms with E-state index in [2.05, 4.69) is 19.7 Å². The molecule has 0 radical (unpaired) electrons. The van der Waals surface area contributed by atoms with E-state index in [1.165, 1.54) is 6.20 Å². The molecule has 2 N–H and O–H groups in total. The van der Waals surface area contributed by atoms with Gasteiger partial charge in [-0.2, -0.15) is 0 Å². The third kappa shape index (κ3) is 3.55. The molecule has 2 aromatic heterocycles. The van der Waals surface area contributed by atoms with E-state index in [1.807, 2.05) is 44.2 Å². The highest BCUT2D eigenvalue weighted by atomic mass is 32.2. The van der Waals surface area contributed by atoms with Crippen molar-refractivity contribution in [2.75, 3.05) is 0 Å². The summed E-state index contributed by atoms with van der Waals surface area (Å²) in [6.45, 7) is 3.83. The Bertz CT molecular complexity index is 914. The minimum atomic E-state index is -3.69. The first-order chi connectivity index (χ1) is 11.5. The van der Waals surface area contributed by atoms with Gasteiger partial charge in [-0.05, 0) is 0 Å². The summed E-state index contributed by atoms with van der Waals surface area (Å²) in [5.41, 5.74) is 0.884.